The van der Waals surface area contributed by atoms with Gasteiger partial charge in [-0.15, -0.1) is 0 Å². The maximum absolute atomic E-state index is 11.4. The van der Waals surface area contributed by atoms with Crippen molar-refractivity contribution in [1.82, 2.24) is 4.90 Å². The van der Waals surface area contributed by atoms with Crippen LogP contribution >= 0.6 is 0 Å². The van der Waals surface area contributed by atoms with E-state index in [9.17, 15) is 14.9 Å². The lowest BCUT2D eigenvalue weighted by atomic mass is 10.1. The van der Waals surface area contributed by atoms with Gasteiger partial charge in [0.2, 0.25) is 0 Å². The summed E-state index contributed by atoms with van der Waals surface area (Å²) < 4.78 is 10.8. The molecule has 1 unspecified atom stereocenters. The van der Waals surface area contributed by atoms with E-state index in [0.717, 1.165) is 11.1 Å². The molecule has 2 rings (SSSR count). The molecule has 158 valence electrons. The van der Waals surface area contributed by atoms with Crippen LogP contribution in [0.15, 0.2) is 54.6 Å². The van der Waals surface area contributed by atoms with Crippen molar-refractivity contribution in [3.8, 4) is 11.8 Å². The summed E-state index contributed by atoms with van der Waals surface area (Å²) in [5, 5.41) is 10.9. The van der Waals surface area contributed by atoms with Gasteiger partial charge >= 0.3 is 5.97 Å². The number of likely N-dealkylation sites (N-methyl/N-ethyl adjacent to an activating group) is 1. The highest BCUT2D eigenvalue weighted by atomic mass is 16.6. The molecule has 2 aromatic carbocycles. The Morgan fingerprint density at radius 1 is 1.13 bits per heavy atom. The maximum atomic E-state index is 11.4. The summed E-state index contributed by atoms with van der Waals surface area (Å²) in [6.07, 6.45) is 0.0500. The minimum atomic E-state index is -0.421. The Kier molecular flexibility index (Phi) is 9.52. The minimum absolute atomic E-state index is 0.0413. The van der Waals surface area contributed by atoms with Crippen LogP contribution in [0.5, 0.6) is 0 Å². The molecule has 1 atom stereocenters. The Balaban J connectivity index is 2.04. The number of hydrogen-bond donors (Lipinski definition) is 0. The highest BCUT2D eigenvalue weighted by Gasteiger charge is 2.18. The summed E-state index contributed by atoms with van der Waals surface area (Å²) in [6, 6.07) is 16.1. The molecular weight excluding hydrogens is 384 g/mol. The van der Waals surface area contributed by atoms with Gasteiger partial charge in [-0.3, -0.25) is 19.8 Å². The molecule has 7 heteroatoms. The van der Waals surface area contributed by atoms with Gasteiger partial charge < -0.3 is 9.47 Å². The zero-order valence-corrected chi connectivity index (χ0v) is 17.2. The molecule has 0 bridgehead atoms. The fourth-order valence-corrected chi connectivity index (χ4v) is 2.80. The number of nitro groups is 1. The number of benzene rings is 2. The fourth-order valence-electron chi connectivity index (χ4n) is 2.80. The molecule has 0 N–H and O–H groups in total. The molecule has 0 saturated heterocycles. The highest BCUT2D eigenvalue weighted by molar-refractivity contribution is 5.72. The van der Waals surface area contributed by atoms with E-state index in [-0.39, 0.29) is 24.1 Å². The summed E-state index contributed by atoms with van der Waals surface area (Å²) in [5.41, 5.74) is 2.00. The number of carbonyl (C=O) groups excluding carboxylic acids is 1. The van der Waals surface area contributed by atoms with Gasteiger partial charge in [-0.05, 0) is 25.1 Å². The van der Waals surface area contributed by atoms with Crippen molar-refractivity contribution in [3.05, 3.63) is 75.8 Å². The Morgan fingerprint density at radius 3 is 2.47 bits per heavy atom. The molecule has 0 aromatic heterocycles. The van der Waals surface area contributed by atoms with Crippen LogP contribution in [-0.2, 0) is 20.9 Å². The van der Waals surface area contributed by atoms with Crippen LogP contribution in [0.2, 0.25) is 0 Å². The van der Waals surface area contributed by atoms with Gasteiger partial charge in [0.25, 0.3) is 5.69 Å². The third-order valence-corrected chi connectivity index (χ3v) is 4.40. The predicted molar refractivity (Wildman–Crippen MR) is 114 cm³/mol. The summed E-state index contributed by atoms with van der Waals surface area (Å²) in [5.74, 6) is 5.45. The monoisotopic (exact) mass is 410 g/mol. The van der Waals surface area contributed by atoms with E-state index in [1.165, 1.54) is 12.1 Å². The lowest BCUT2D eigenvalue weighted by molar-refractivity contribution is -0.384. The van der Waals surface area contributed by atoms with Crippen molar-refractivity contribution in [2.24, 2.45) is 0 Å². The van der Waals surface area contributed by atoms with Crippen molar-refractivity contribution in [1.29, 1.82) is 0 Å². The molecule has 30 heavy (non-hydrogen) atoms. The van der Waals surface area contributed by atoms with Crippen LogP contribution in [0.4, 0.5) is 5.69 Å². The van der Waals surface area contributed by atoms with Crippen molar-refractivity contribution in [2.45, 2.75) is 26.0 Å². The topological polar surface area (TPSA) is 81.9 Å². The second-order valence-corrected chi connectivity index (χ2v) is 6.62. The van der Waals surface area contributed by atoms with Crippen molar-refractivity contribution < 1.29 is 19.2 Å². The van der Waals surface area contributed by atoms with Crippen LogP contribution in [-0.4, -0.2) is 42.6 Å². The number of rotatable bonds is 10. The third-order valence-electron chi connectivity index (χ3n) is 4.40. The maximum Gasteiger partial charge on any atom is 0.317 e. The van der Waals surface area contributed by atoms with Crippen LogP contribution in [0.25, 0.3) is 0 Å². The first kappa shape index (κ1) is 23.1. The Labute approximate surface area is 176 Å². The Morgan fingerprint density at radius 2 is 1.83 bits per heavy atom. The fraction of sp³-hybridized carbons (Fsp3) is 0.348. The molecule has 0 heterocycles. The smallest absolute Gasteiger partial charge is 0.317 e. The van der Waals surface area contributed by atoms with Gasteiger partial charge in [0.15, 0.2) is 0 Å². The van der Waals surface area contributed by atoms with Gasteiger partial charge in [0.05, 0.1) is 37.3 Å². The number of carbonyl (C=O) groups is 1. The zero-order chi connectivity index (χ0) is 21.8. The van der Waals surface area contributed by atoms with Crippen LogP contribution in [0, 0.1) is 22.0 Å². The molecular formula is C23H26N2O5. The zero-order valence-electron chi connectivity index (χ0n) is 17.2. The number of ether oxygens (including phenoxy) is 2. The average molecular weight is 410 g/mol. The molecule has 2 aromatic rings. The third kappa shape index (κ3) is 7.66. The quantitative estimate of drug-likeness (QED) is 0.257. The Bertz CT molecular complexity index is 872. The standard InChI is InChI=1S/C23H26N2O5/c1-3-30-23(26)11-7-8-16-24(2)22(18-29-17-19-9-5-4-6-10-19)20-12-14-21(15-13-20)25(27)28/h4-6,9-10,12-15,22H,3,11,16-18H2,1-2H3. The van der Waals surface area contributed by atoms with Gasteiger partial charge in [0, 0.05) is 12.1 Å². The van der Waals surface area contributed by atoms with Gasteiger partial charge in [-0.2, -0.15) is 0 Å². The second kappa shape index (κ2) is 12.4. The summed E-state index contributed by atoms with van der Waals surface area (Å²) in [6.45, 7) is 3.36. The summed E-state index contributed by atoms with van der Waals surface area (Å²) >= 11 is 0. The van der Waals surface area contributed by atoms with Gasteiger partial charge in [-0.25, -0.2) is 0 Å². The van der Waals surface area contributed by atoms with Crippen LogP contribution in [0.1, 0.15) is 30.5 Å². The second-order valence-electron chi connectivity index (χ2n) is 6.62. The van der Waals surface area contributed by atoms with Crippen LogP contribution in [0.3, 0.4) is 0 Å². The predicted octanol–water partition coefficient (Wildman–Crippen LogP) is 3.74. The summed E-state index contributed by atoms with van der Waals surface area (Å²) in [4.78, 5) is 23.9. The lowest BCUT2D eigenvalue weighted by Gasteiger charge is -2.26. The Hall–Kier alpha value is -3.21. The van der Waals surface area contributed by atoms with E-state index in [4.69, 9.17) is 9.47 Å². The molecule has 7 nitrogen and oxygen atoms in total. The van der Waals surface area contributed by atoms with Crippen molar-refractivity contribution in [2.75, 3.05) is 26.8 Å². The van der Waals surface area contributed by atoms with Crippen LogP contribution < -0.4 is 0 Å². The van der Waals surface area contributed by atoms with E-state index in [2.05, 4.69) is 11.8 Å². The number of hydrogen-bond acceptors (Lipinski definition) is 6. The largest absolute Gasteiger partial charge is 0.465 e. The van der Waals surface area contributed by atoms with Gasteiger partial charge in [0.1, 0.15) is 6.42 Å². The average Bonchev–Trinajstić information content (AvgIpc) is 2.75. The number of nitrogens with zero attached hydrogens (tertiary/aromatic N) is 2. The molecule has 0 saturated carbocycles. The van der Waals surface area contributed by atoms with E-state index in [1.54, 1.807) is 19.1 Å². The molecule has 0 spiro atoms. The van der Waals surface area contributed by atoms with E-state index < -0.39 is 4.92 Å². The molecule has 0 fully saturated rings. The minimum Gasteiger partial charge on any atom is -0.465 e. The molecule has 0 aliphatic carbocycles. The van der Waals surface area contributed by atoms with Crippen molar-refractivity contribution in [3.63, 3.8) is 0 Å². The van der Waals surface area contributed by atoms with E-state index in [1.807, 2.05) is 42.3 Å². The lowest BCUT2D eigenvalue weighted by Crippen LogP contribution is -2.28. The van der Waals surface area contributed by atoms with E-state index in [0.29, 0.717) is 26.4 Å². The molecule has 0 radical (unpaired) electrons. The van der Waals surface area contributed by atoms with E-state index >= 15 is 0 Å². The number of nitro benzene ring substituents is 1. The normalized spacial score (nSPS) is 11.4. The number of non-ortho nitro benzene ring substituents is 1. The SMILES string of the molecule is CCOC(=O)CC#CCN(C)C(COCc1ccccc1)c1ccc([N+](=O)[O-])cc1. The van der Waals surface area contributed by atoms with Gasteiger partial charge in [-0.1, -0.05) is 54.3 Å². The first-order valence-corrected chi connectivity index (χ1v) is 9.68. The molecule has 0 aliphatic rings. The molecule has 0 amide bonds. The first-order valence-electron chi connectivity index (χ1n) is 9.68. The highest BCUT2D eigenvalue weighted by Crippen LogP contribution is 2.23. The van der Waals surface area contributed by atoms with Crippen molar-refractivity contribution >= 4 is 11.7 Å². The molecule has 0 aliphatic heterocycles. The number of esters is 1. The first-order chi connectivity index (χ1) is 14.5. The summed E-state index contributed by atoms with van der Waals surface area (Å²) in [7, 11) is 1.90.